The Morgan fingerprint density at radius 2 is 1.84 bits per heavy atom. The van der Waals surface area contributed by atoms with Crippen molar-refractivity contribution in [2.45, 2.75) is 58.3 Å². The molecule has 38 heavy (non-hydrogen) atoms. The van der Waals surface area contributed by atoms with E-state index in [9.17, 15) is 34.8 Å². The second-order valence-electron chi connectivity index (χ2n) is 10.9. The average molecular weight is 536 g/mol. The Morgan fingerprint density at radius 3 is 2.42 bits per heavy atom. The van der Waals surface area contributed by atoms with Gasteiger partial charge in [-0.1, -0.05) is 6.92 Å². The molecule has 0 aromatic carbocycles. The minimum absolute atomic E-state index is 0.0275. The summed E-state index contributed by atoms with van der Waals surface area (Å²) in [6.45, 7) is 4.43. The van der Waals surface area contributed by atoms with Gasteiger partial charge < -0.3 is 39.5 Å². The number of hydrogen-bond donors (Lipinski definition) is 4. The summed E-state index contributed by atoms with van der Waals surface area (Å²) in [6, 6.07) is 0. The van der Waals surface area contributed by atoms with Crippen molar-refractivity contribution < 1.29 is 49.0 Å². The maximum atomic E-state index is 13.9. The number of cyclic esters (lactones) is 1. The molecule has 11 heteroatoms. The number of hydrogen-bond acceptors (Lipinski definition) is 11. The van der Waals surface area contributed by atoms with E-state index in [-0.39, 0.29) is 56.1 Å². The van der Waals surface area contributed by atoms with Gasteiger partial charge in [0, 0.05) is 49.9 Å². The van der Waals surface area contributed by atoms with Crippen LogP contribution in [0.4, 0.5) is 0 Å². The lowest BCUT2D eigenvalue weighted by atomic mass is 9.53. The number of aliphatic hydroxyl groups excluding tert-OH is 4. The Morgan fingerprint density at radius 1 is 1.18 bits per heavy atom. The fourth-order valence-corrected chi connectivity index (χ4v) is 6.95. The van der Waals surface area contributed by atoms with E-state index in [2.05, 4.69) is 0 Å². The minimum atomic E-state index is -1.32. The molecule has 0 amide bonds. The van der Waals surface area contributed by atoms with Crippen LogP contribution in [0.15, 0.2) is 34.3 Å². The van der Waals surface area contributed by atoms with Gasteiger partial charge in [-0.25, -0.2) is 4.79 Å². The molecule has 1 saturated heterocycles. The van der Waals surface area contributed by atoms with Crippen LogP contribution in [0.25, 0.3) is 0 Å². The molecule has 0 radical (unpaired) electrons. The molecule has 3 aliphatic carbocycles. The van der Waals surface area contributed by atoms with E-state index in [4.69, 9.17) is 14.2 Å². The van der Waals surface area contributed by atoms with Crippen LogP contribution in [-0.2, 0) is 28.6 Å². The minimum Gasteiger partial charge on any atom is -0.504 e. The highest BCUT2D eigenvalue weighted by Crippen LogP contribution is 2.63. The van der Waals surface area contributed by atoms with Crippen molar-refractivity contribution in [1.82, 2.24) is 4.90 Å². The van der Waals surface area contributed by atoms with Crippen LogP contribution in [0.5, 0.6) is 0 Å². The van der Waals surface area contributed by atoms with Gasteiger partial charge in [0.2, 0.25) is 5.78 Å². The molecule has 1 heterocycles. The maximum absolute atomic E-state index is 13.9. The third kappa shape index (κ3) is 4.25. The Hall–Kier alpha value is -2.73. The Labute approximate surface area is 221 Å². The zero-order valence-corrected chi connectivity index (χ0v) is 22.2. The summed E-state index contributed by atoms with van der Waals surface area (Å²) >= 11 is 0. The number of aliphatic hydroxyl groups is 4. The quantitative estimate of drug-likeness (QED) is 0.253. The molecule has 4 rings (SSSR count). The number of nitrogens with zero attached hydrogens (tertiary/aromatic N) is 1. The van der Waals surface area contributed by atoms with Gasteiger partial charge in [0.05, 0.1) is 36.9 Å². The van der Waals surface area contributed by atoms with Gasteiger partial charge in [-0.2, -0.15) is 0 Å². The van der Waals surface area contributed by atoms with Crippen molar-refractivity contribution in [1.29, 1.82) is 0 Å². The number of ether oxygens (including phenoxy) is 3. The molecule has 4 aliphatic rings. The summed E-state index contributed by atoms with van der Waals surface area (Å²) in [6.07, 6.45) is -0.0400. The molecule has 0 bridgehead atoms. The van der Waals surface area contributed by atoms with Crippen LogP contribution in [0.3, 0.4) is 0 Å². The third-order valence-corrected chi connectivity index (χ3v) is 8.74. The first-order valence-corrected chi connectivity index (χ1v) is 12.9. The lowest BCUT2D eigenvalue weighted by Gasteiger charge is -2.54. The molecule has 2 fully saturated rings. The van der Waals surface area contributed by atoms with E-state index in [1.54, 1.807) is 6.92 Å². The molecule has 1 saturated carbocycles. The van der Waals surface area contributed by atoms with Gasteiger partial charge in [-0.15, -0.1) is 0 Å². The molecule has 210 valence electrons. The van der Waals surface area contributed by atoms with E-state index >= 15 is 0 Å². The average Bonchev–Trinajstić information content (AvgIpc) is 3.13. The lowest BCUT2D eigenvalue weighted by Crippen LogP contribution is -2.57. The van der Waals surface area contributed by atoms with Crippen LogP contribution >= 0.6 is 0 Å². The predicted octanol–water partition coefficient (Wildman–Crippen LogP) is 0.539. The van der Waals surface area contributed by atoms with Gasteiger partial charge >= 0.3 is 11.9 Å². The van der Waals surface area contributed by atoms with E-state index in [0.717, 1.165) is 0 Å². The Kier molecular flexibility index (Phi) is 7.77. The molecule has 6 unspecified atom stereocenters. The van der Waals surface area contributed by atoms with E-state index in [1.165, 1.54) is 25.1 Å². The number of fused-ring (bicyclic) bond motifs is 4. The van der Waals surface area contributed by atoms with E-state index in [1.807, 2.05) is 6.92 Å². The van der Waals surface area contributed by atoms with E-state index in [0.29, 0.717) is 18.4 Å². The third-order valence-electron chi connectivity index (χ3n) is 8.74. The van der Waals surface area contributed by atoms with Gasteiger partial charge in [0.25, 0.3) is 0 Å². The van der Waals surface area contributed by atoms with Gasteiger partial charge in [0.15, 0.2) is 5.76 Å². The zero-order valence-electron chi connectivity index (χ0n) is 22.2. The Balaban J connectivity index is 2.00. The SMILES string of the molecule is COCC1OC(=O)C(=CN(CCO)CCO)C2=C(O)C(=O)C3=C(C(OC(C)=O)CC4(C)C(O)CCC34)C21C. The molecular weight excluding hydrogens is 498 g/mol. The highest BCUT2D eigenvalue weighted by atomic mass is 16.6. The molecule has 0 aromatic rings. The van der Waals surface area contributed by atoms with Crippen molar-refractivity contribution in [3.8, 4) is 0 Å². The number of Topliss-reactive ketones (excluding diaryl/α,β-unsaturated/α-hetero) is 1. The number of ketones is 1. The summed E-state index contributed by atoms with van der Waals surface area (Å²) in [7, 11) is 1.44. The second-order valence-corrected chi connectivity index (χ2v) is 10.9. The largest absolute Gasteiger partial charge is 0.504 e. The standard InChI is InChI=1S/C27H37NO10/c1-14(31)37-17-11-26(2)16(5-6-18(26)32)20-22(17)27(3)19(13-36-4)38-25(35)15(21(27)24(34)23(20)33)12-28(7-9-29)8-10-30/h12,16-19,29-30,32,34H,5-11,13H2,1-4H3. The second kappa shape index (κ2) is 10.4. The molecule has 4 N–H and O–H groups in total. The summed E-state index contributed by atoms with van der Waals surface area (Å²) in [5.74, 6) is -3.07. The van der Waals surface area contributed by atoms with Crippen LogP contribution in [0.2, 0.25) is 0 Å². The summed E-state index contributed by atoms with van der Waals surface area (Å²) < 4.78 is 17.0. The van der Waals surface area contributed by atoms with Crippen molar-refractivity contribution in [2.24, 2.45) is 16.7 Å². The fraction of sp³-hybridized carbons (Fsp3) is 0.667. The maximum Gasteiger partial charge on any atom is 0.340 e. The first-order chi connectivity index (χ1) is 17.9. The number of esters is 2. The lowest BCUT2D eigenvalue weighted by molar-refractivity contribution is -0.161. The number of carbonyl (C=O) groups excluding carboxylic acids is 3. The van der Waals surface area contributed by atoms with E-state index < -0.39 is 58.5 Å². The van der Waals surface area contributed by atoms with Gasteiger partial charge in [-0.05, 0) is 37.7 Å². The highest BCUT2D eigenvalue weighted by molar-refractivity contribution is 6.13. The first kappa shape index (κ1) is 28.3. The number of allylic oxidation sites excluding steroid dienone is 1. The molecule has 1 aliphatic heterocycles. The zero-order chi connectivity index (χ0) is 28.0. The molecule has 0 aromatic heterocycles. The first-order valence-electron chi connectivity index (χ1n) is 12.9. The predicted molar refractivity (Wildman–Crippen MR) is 132 cm³/mol. The summed E-state index contributed by atoms with van der Waals surface area (Å²) in [5, 5.41) is 41.3. The number of carbonyl (C=O) groups is 3. The highest BCUT2D eigenvalue weighted by Gasteiger charge is 2.64. The van der Waals surface area contributed by atoms with Gasteiger partial charge in [-0.3, -0.25) is 9.59 Å². The summed E-state index contributed by atoms with van der Waals surface area (Å²) in [4.78, 5) is 41.0. The topological polar surface area (TPSA) is 163 Å². The number of methoxy groups -OCH3 is 1. The van der Waals surface area contributed by atoms with Crippen molar-refractivity contribution >= 4 is 17.7 Å². The number of rotatable bonds is 8. The van der Waals surface area contributed by atoms with Gasteiger partial charge in [0.1, 0.15) is 12.2 Å². The van der Waals surface area contributed by atoms with Crippen LogP contribution in [0, 0.1) is 16.7 Å². The Bertz CT molecular complexity index is 1100. The smallest absolute Gasteiger partial charge is 0.340 e. The molecular formula is C27H37NO10. The monoisotopic (exact) mass is 535 g/mol. The normalized spacial score (nSPS) is 35.6. The summed E-state index contributed by atoms with van der Waals surface area (Å²) in [5.41, 5.74) is -1.42. The van der Waals surface area contributed by atoms with Crippen LogP contribution < -0.4 is 0 Å². The molecule has 11 nitrogen and oxygen atoms in total. The molecule has 6 atom stereocenters. The van der Waals surface area contributed by atoms with Crippen LogP contribution in [0.1, 0.15) is 40.0 Å². The fourth-order valence-electron chi connectivity index (χ4n) is 6.95. The van der Waals surface area contributed by atoms with Crippen molar-refractivity contribution in [2.75, 3.05) is 40.0 Å². The van der Waals surface area contributed by atoms with Crippen molar-refractivity contribution in [3.63, 3.8) is 0 Å². The van der Waals surface area contributed by atoms with Crippen molar-refractivity contribution in [3.05, 3.63) is 34.3 Å². The van der Waals surface area contributed by atoms with Crippen LogP contribution in [-0.4, -0.2) is 101 Å². The molecule has 0 spiro atoms.